The third-order valence-electron chi connectivity index (χ3n) is 3.52. The zero-order chi connectivity index (χ0) is 14.5. The quantitative estimate of drug-likeness (QED) is 0.827. The summed E-state index contributed by atoms with van der Waals surface area (Å²) in [4.78, 5) is 0. The van der Waals surface area contributed by atoms with Crippen molar-refractivity contribution in [3.05, 3.63) is 59.7 Å². The van der Waals surface area contributed by atoms with Gasteiger partial charge in [0.25, 0.3) is 0 Å². The third-order valence-corrected chi connectivity index (χ3v) is 3.52. The van der Waals surface area contributed by atoms with Crippen molar-refractivity contribution in [2.45, 2.75) is 39.2 Å². The Kier molecular flexibility index (Phi) is 4.80. The molecule has 0 aromatic heterocycles. The van der Waals surface area contributed by atoms with Crippen LogP contribution in [0.3, 0.4) is 0 Å². The predicted octanol–water partition coefficient (Wildman–Crippen LogP) is 5.01. The van der Waals surface area contributed by atoms with Crippen LogP contribution < -0.4 is 10.5 Å². The summed E-state index contributed by atoms with van der Waals surface area (Å²) in [6.07, 6.45) is 0.941. The summed E-state index contributed by atoms with van der Waals surface area (Å²) in [5, 5.41) is 0. The number of benzene rings is 2. The van der Waals surface area contributed by atoms with Gasteiger partial charge in [0.1, 0.15) is 11.5 Å². The second kappa shape index (κ2) is 6.58. The van der Waals surface area contributed by atoms with Crippen LogP contribution in [0, 0.1) is 0 Å². The van der Waals surface area contributed by atoms with E-state index in [0.717, 1.165) is 23.5 Å². The second-order valence-corrected chi connectivity index (χ2v) is 5.38. The first-order chi connectivity index (χ1) is 9.61. The lowest BCUT2D eigenvalue weighted by atomic mass is 10.0. The van der Waals surface area contributed by atoms with Gasteiger partial charge in [0.15, 0.2) is 0 Å². The molecular weight excluding hydrogens is 246 g/mol. The van der Waals surface area contributed by atoms with Crippen molar-refractivity contribution in [3.8, 4) is 11.5 Å². The molecule has 0 saturated heterocycles. The molecule has 0 amide bonds. The molecule has 0 unspecified atom stereocenters. The first-order valence-corrected chi connectivity index (χ1v) is 7.24. The molecule has 0 heterocycles. The number of hydrogen-bond acceptors (Lipinski definition) is 2. The van der Waals surface area contributed by atoms with Gasteiger partial charge in [-0.25, -0.2) is 0 Å². The minimum Gasteiger partial charge on any atom is -0.457 e. The average Bonchev–Trinajstić information content (AvgIpc) is 2.47. The summed E-state index contributed by atoms with van der Waals surface area (Å²) in [5.74, 6) is 2.22. The fourth-order valence-corrected chi connectivity index (χ4v) is 2.20. The molecule has 2 aromatic rings. The van der Waals surface area contributed by atoms with E-state index in [9.17, 15) is 0 Å². The highest BCUT2D eigenvalue weighted by Gasteiger charge is 2.08. The molecule has 1 atom stereocenters. The van der Waals surface area contributed by atoms with E-state index in [0.29, 0.717) is 5.92 Å². The molecule has 0 fully saturated rings. The summed E-state index contributed by atoms with van der Waals surface area (Å²) >= 11 is 0. The molecule has 20 heavy (non-hydrogen) atoms. The van der Waals surface area contributed by atoms with Gasteiger partial charge in [0, 0.05) is 6.04 Å². The molecule has 2 heteroatoms. The summed E-state index contributed by atoms with van der Waals surface area (Å²) in [5.41, 5.74) is 8.39. The van der Waals surface area contributed by atoms with Gasteiger partial charge < -0.3 is 10.5 Å². The van der Waals surface area contributed by atoms with Gasteiger partial charge in [0.05, 0.1) is 0 Å². The van der Waals surface area contributed by atoms with Crippen molar-refractivity contribution < 1.29 is 4.74 Å². The molecule has 2 nitrogen and oxygen atoms in total. The Morgan fingerprint density at radius 1 is 1.00 bits per heavy atom. The summed E-state index contributed by atoms with van der Waals surface area (Å²) < 4.78 is 6.00. The molecule has 0 aliphatic carbocycles. The van der Waals surface area contributed by atoms with Crippen molar-refractivity contribution in [2.75, 3.05) is 0 Å². The van der Waals surface area contributed by atoms with Crippen LogP contribution in [0.5, 0.6) is 11.5 Å². The molecule has 0 aliphatic heterocycles. The third kappa shape index (κ3) is 3.40. The highest BCUT2D eigenvalue weighted by molar-refractivity contribution is 5.40. The lowest BCUT2D eigenvalue weighted by Gasteiger charge is -2.14. The van der Waals surface area contributed by atoms with Gasteiger partial charge in [-0.2, -0.15) is 0 Å². The Bertz CT molecular complexity index is 546. The SMILES string of the molecule is CC[C@@H](N)c1ccc(Oc2ccccc2C(C)C)cc1. The van der Waals surface area contributed by atoms with Crippen molar-refractivity contribution in [2.24, 2.45) is 5.73 Å². The molecule has 0 aliphatic rings. The summed E-state index contributed by atoms with van der Waals surface area (Å²) in [7, 11) is 0. The molecule has 2 aromatic carbocycles. The van der Waals surface area contributed by atoms with E-state index in [4.69, 9.17) is 10.5 Å². The lowest BCUT2D eigenvalue weighted by Crippen LogP contribution is -2.08. The number of ether oxygens (including phenoxy) is 1. The van der Waals surface area contributed by atoms with Crippen LogP contribution in [-0.4, -0.2) is 0 Å². The highest BCUT2D eigenvalue weighted by Crippen LogP contribution is 2.30. The van der Waals surface area contributed by atoms with Crippen LogP contribution in [0.4, 0.5) is 0 Å². The van der Waals surface area contributed by atoms with Crippen LogP contribution in [0.15, 0.2) is 48.5 Å². The van der Waals surface area contributed by atoms with Crippen molar-refractivity contribution >= 4 is 0 Å². The number of para-hydroxylation sites is 1. The zero-order valence-electron chi connectivity index (χ0n) is 12.5. The van der Waals surface area contributed by atoms with Gasteiger partial charge >= 0.3 is 0 Å². The van der Waals surface area contributed by atoms with E-state index in [-0.39, 0.29) is 6.04 Å². The normalized spacial score (nSPS) is 12.4. The first kappa shape index (κ1) is 14.6. The summed E-state index contributed by atoms with van der Waals surface area (Å²) in [6.45, 7) is 6.44. The maximum absolute atomic E-state index is 6.02. The van der Waals surface area contributed by atoms with Crippen molar-refractivity contribution in [1.82, 2.24) is 0 Å². The van der Waals surface area contributed by atoms with Crippen LogP contribution in [0.25, 0.3) is 0 Å². The van der Waals surface area contributed by atoms with E-state index >= 15 is 0 Å². The summed E-state index contributed by atoms with van der Waals surface area (Å²) in [6, 6.07) is 16.3. The Hall–Kier alpha value is -1.80. The van der Waals surface area contributed by atoms with Crippen molar-refractivity contribution in [3.63, 3.8) is 0 Å². The van der Waals surface area contributed by atoms with E-state index < -0.39 is 0 Å². The number of rotatable bonds is 5. The lowest BCUT2D eigenvalue weighted by molar-refractivity contribution is 0.472. The molecule has 0 spiro atoms. The van der Waals surface area contributed by atoms with E-state index in [1.807, 2.05) is 42.5 Å². The fourth-order valence-electron chi connectivity index (χ4n) is 2.20. The molecule has 0 bridgehead atoms. The minimum absolute atomic E-state index is 0.104. The Morgan fingerprint density at radius 3 is 2.25 bits per heavy atom. The van der Waals surface area contributed by atoms with Crippen LogP contribution in [0.2, 0.25) is 0 Å². The molecule has 106 valence electrons. The van der Waals surface area contributed by atoms with Crippen LogP contribution in [-0.2, 0) is 0 Å². The Balaban J connectivity index is 2.18. The predicted molar refractivity (Wildman–Crippen MR) is 84.3 cm³/mol. The van der Waals surface area contributed by atoms with Gasteiger partial charge in [0.2, 0.25) is 0 Å². The molecule has 0 radical (unpaired) electrons. The van der Waals surface area contributed by atoms with Gasteiger partial charge in [-0.1, -0.05) is 51.1 Å². The average molecular weight is 269 g/mol. The first-order valence-electron chi connectivity index (χ1n) is 7.24. The monoisotopic (exact) mass is 269 g/mol. The second-order valence-electron chi connectivity index (χ2n) is 5.38. The molecule has 0 saturated carbocycles. The minimum atomic E-state index is 0.104. The highest BCUT2D eigenvalue weighted by atomic mass is 16.5. The Morgan fingerprint density at radius 2 is 1.65 bits per heavy atom. The van der Waals surface area contributed by atoms with E-state index in [1.165, 1.54) is 5.56 Å². The number of hydrogen-bond donors (Lipinski definition) is 1. The van der Waals surface area contributed by atoms with Gasteiger partial charge in [-0.15, -0.1) is 0 Å². The standard InChI is InChI=1S/C18H23NO/c1-4-17(19)14-9-11-15(12-10-14)20-18-8-6-5-7-16(18)13(2)3/h5-13,17H,4,19H2,1-3H3/t17-/m1/s1. The maximum atomic E-state index is 6.02. The zero-order valence-corrected chi connectivity index (χ0v) is 12.5. The fraction of sp³-hybridized carbons (Fsp3) is 0.333. The van der Waals surface area contributed by atoms with E-state index in [2.05, 4.69) is 26.8 Å². The van der Waals surface area contributed by atoms with Gasteiger partial charge in [-0.05, 0) is 41.7 Å². The van der Waals surface area contributed by atoms with Gasteiger partial charge in [-0.3, -0.25) is 0 Å². The Labute approximate surface area is 121 Å². The van der Waals surface area contributed by atoms with Crippen LogP contribution >= 0.6 is 0 Å². The number of nitrogens with two attached hydrogens (primary N) is 1. The van der Waals surface area contributed by atoms with E-state index in [1.54, 1.807) is 0 Å². The topological polar surface area (TPSA) is 35.2 Å². The molecular formula is C18H23NO. The maximum Gasteiger partial charge on any atom is 0.130 e. The van der Waals surface area contributed by atoms with Crippen molar-refractivity contribution in [1.29, 1.82) is 0 Å². The molecule has 2 rings (SSSR count). The largest absolute Gasteiger partial charge is 0.457 e. The van der Waals surface area contributed by atoms with Crippen LogP contribution in [0.1, 0.15) is 50.3 Å². The smallest absolute Gasteiger partial charge is 0.130 e. The molecule has 2 N–H and O–H groups in total.